The molecule has 1 atom stereocenters. The van der Waals surface area contributed by atoms with Crippen LogP contribution in [-0.4, -0.2) is 49.0 Å². The first-order chi connectivity index (χ1) is 19.2. The summed E-state index contributed by atoms with van der Waals surface area (Å²) in [4.78, 5) is 34.9. The largest absolute Gasteiger partial charge is 0.495 e. The molecule has 3 heterocycles. The second kappa shape index (κ2) is 11.4. The van der Waals surface area contributed by atoms with Gasteiger partial charge in [-0.2, -0.15) is 0 Å². The van der Waals surface area contributed by atoms with Gasteiger partial charge in [0.15, 0.2) is 5.15 Å². The van der Waals surface area contributed by atoms with Crippen LogP contribution in [-0.2, 0) is 4.79 Å². The van der Waals surface area contributed by atoms with Gasteiger partial charge in [-0.05, 0) is 36.4 Å². The van der Waals surface area contributed by atoms with Crippen molar-refractivity contribution in [2.24, 2.45) is 0 Å². The molecule has 204 valence electrons. The number of rotatable bonds is 8. The summed E-state index contributed by atoms with van der Waals surface area (Å²) in [5, 5.41) is 10.8. The number of ether oxygens (including phenoxy) is 1. The SMILES string of the molecule is COc1cn([C@@H](CC(F)F)C(=O)Nc2ccc3nccnc3c2)c(=O)cc1-c1cc(Cl)ccc1-n1cc(Cl)nn1. The zero-order valence-electron chi connectivity index (χ0n) is 20.6. The molecule has 0 fully saturated rings. The van der Waals surface area contributed by atoms with Gasteiger partial charge >= 0.3 is 0 Å². The second-order valence-electron chi connectivity index (χ2n) is 8.54. The van der Waals surface area contributed by atoms with Crippen LogP contribution in [0.5, 0.6) is 5.75 Å². The Labute approximate surface area is 235 Å². The lowest BCUT2D eigenvalue weighted by Gasteiger charge is -2.21. The molecule has 5 rings (SSSR count). The summed E-state index contributed by atoms with van der Waals surface area (Å²) in [7, 11) is 1.35. The number of carbonyl (C=O) groups is 1. The lowest BCUT2D eigenvalue weighted by Crippen LogP contribution is -2.34. The fourth-order valence-corrected chi connectivity index (χ4v) is 4.51. The number of amides is 1. The number of pyridine rings is 1. The molecular weight excluding hydrogens is 567 g/mol. The van der Waals surface area contributed by atoms with Crippen LogP contribution in [0.3, 0.4) is 0 Å². The molecule has 0 saturated carbocycles. The quantitative estimate of drug-likeness (QED) is 0.266. The average molecular weight is 586 g/mol. The first kappa shape index (κ1) is 27.2. The topological polar surface area (TPSA) is 117 Å². The summed E-state index contributed by atoms with van der Waals surface area (Å²) in [5.41, 5.74) is 1.88. The normalized spacial score (nSPS) is 12.1. The maximum Gasteiger partial charge on any atom is 0.252 e. The Morgan fingerprint density at radius 1 is 1.02 bits per heavy atom. The van der Waals surface area contributed by atoms with Gasteiger partial charge in [0.25, 0.3) is 5.56 Å². The van der Waals surface area contributed by atoms with Gasteiger partial charge in [0.2, 0.25) is 12.3 Å². The van der Waals surface area contributed by atoms with Gasteiger partial charge in [-0.1, -0.05) is 28.4 Å². The van der Waals surface area contributed by atoms with Gasteiger partial charge in [-0.3, -0.25) is 24.1 Å². The molecule has 1 amide bonds. The van der Waals surface area contributed by atoms with E-state index >= 15 is 0 Å². The zero-order chi connectivity index (χ0) is 28.4. The van der Waals surface area contributed by atoms with E-state index in [0.29, 0.717) is 33.0 Å². The maximum absolute atomic E-state index is 13.6. The van der Waals surface area contributed by atoms with Crippen molar-refractivity contribution in [3.05, 3.63) is 87.8 Å². The molecular formula is C26H19Cl2F2N7O3. The molecule has 0 bridgehead atoms. The van der Waals surface area contributed by atoms with E-state index in [4.69, 9.17) is 27.9 Å². The van der Waals surface area contributed by atoms with Gasteiger partial charge in [0.1, 0.15) is 11.8 Å². The van der Waals surface area contributed by atoms with E-state index in [2.05, 4.69) is 25.6 Å². The monoisotopic (exact) mass is 585 g/mol. The molecule has 0 saturated heterocycles. The summed E-state index contributed by atoms with van der Waals surface area (Å²) in [6.07, 6.45) is 1.90. The lowest BCUT2D eigenvalue weighted by molar-refractivity contribution is -0.120. The second-order valence-corrected chi connectivity index (χ2v) is 9.36. The van der Waals surface area contributed by atoms with E-state index in [1.165, 1.54) is 42.6 Å². The van der Waals surface area contributed by atoms with Crippen LogP contribution in [0.25, 0.3) is 27.8 Å². The lowest BCUT2D eigenvalue weighted by atomic mass is 10.0. The molecule has 5 aromatic rings. The van der Waals surface area contributed by atoms with E-state index < -0.39 is 30.4 Å². The molecule has 0 spiro atoms. The highest BCUT2D eigenvalue weighted by molar-refractivity contribution is 6.31. The highest BCUT2D eigenvalue weighted by atomic mass is 35.5. The van der Waals surface area contributed by atoms with E-state index in [1.807, 2.05) is 0 Å². The minimum atomic E-state index is -2.88. The number of benzene rings is 2. The molecule has 10 nitrogen and oxygen atoms in total. The number of hydrogen-bond acceptors (Lipinski definition) is 7. The molecule has 40 heavy (non-hydrogen) atoms. The van der Waals surface area contributed by atoms with Crippen LogP contribution >= 0.6 is 23.2 Å². The van der Waals surface area contributed by atoms with Crippen molar-refractivity contribution in [1.29, 1.82) is 0 Å². The number of hydrogen-bond donors (Lipinski definition) is 1. The number of halogens is 4. The molecule has 1 N–H and O–H groups in total. The first-order valence-corrected chi connectivity index (χ1v) is 12.5. The van der Waals surface area contributed by atoms with Crippen LogP contribution in [0.15, 0.2) is 72.0 Å². The highest BCUT2D eigenvalue weighted by Crippen LogP contribution is 2.36. The van der Waals surface area contributed by atoms with Gasteiger partial charge in [-0.25, -0.2) is 13.5 Å². The van der Waals surface area contributed by atoms with E-state index in [1.54, 1.807) is 36.4 Å². The fraction of sp³-hybridized carbons (Fsp3) is 0.154. The Morgan fingerprint density at radius 2 is 1.80 bits per heavy atom. The summed E-state index contributed by atoms with van der Waals surface area (Å²) in [6.45, 7) is 0. The number of anilines is 1. The third kappa shape index (κ3) is 5.63. The number of alkyl halides is 2. The molecule has 14 heteroatoms. The van der Waals surface area contributed by atoms with E-state index in [0.717, 1.165) is 4.57 Å². The van der Waals surface area contributed by atoms with Gasteiger partial charge in [-0.15, -0.1) is 5.10 Å². The van der Waals surface area contributed by atoms with Crippen LogP contribution in [0, 0.1) is 0 Å². The van der Waals surface area contributed by atoms with Crippen molar-refractivity contribution in [2.45, 2.75) is 18.9 Å². The maximum atomic E-state index is 13.6. The molecule has 0 aliphatic carbocycles. The third-order valence-electron chi connectivity index (χ3n) is 6.00. The van der Waals surface area contributed by atoms with Gasteiger partial charge < -0.3 is 10.1 Å². The number of nitrogens with one attached hydrogen (secondary N) is 1. The van der Waals surface area contributed by atoms with E-state index in [9.17, 15) is 18.4 Å². The van der Waals surface area contributed by atoms with Crippen molar-refractivity contribution in [2.75, 3.05) is 12.4 Å². The van der Waals surface area contributed by atoms with E-state index in [-0.39, 0.29) is 16.5 Å². The average Bonchev–Trinajstić information content (AvgIpc) is 3.37. The number of nitrogens with zero attached hydrogens (tertiary/aromatic N) is 6. The van der Waals surface area contributed by atoms with Crippen LogP contribution in [0.2, 0.25) is 10.2 Å². The van der Waals surface area contributed by atoms with Crippen molar-refractivity contribution < 1.29 is 18.3 Å². The van der Waals surface area contributed by atoms with Crippen molar-refractivity contribution in [1.82, 2.24) is 29.5 Å². The Balaban J connectivity index is 1.56. The zero-order valence-corrected chi connectivity index (χ0v) is 22.1. The molecule has 2 aromatic carbocycles. The van der Waals surface area contributed by atoms with Crippen LogP contribution < -0.4 is 15.6 Å². The molecule has 0 unspecified atom stereocenters. The summed E-state index contributed by atoms with van der Waals surface area (Å²) in [5.74, 6) is -0.691. The van der Waals surface area contributed by atoms with Crippen LogP contribution in [0.1, 0.15) is 12.5 Å². The Morgan fingerprint density at radius 3 is 2.50 bits per heavy atom. The standard InChI is InChI=1S/C26H19Cl2F2N7O3/c1-40-22-12-36(21(11-24(29)30)26(39)33-15-3-4-18-19(9-15)32-7-6-31-18)25(38)10-17(22)16-8-14(27)2-5-20(16)37-13-23(28)34-35-37/h2-10,12-13,21,24H,11H2,1H3,(H,33,39)/t21-/m0/s1. The van der Waals surface area contributed by atoms with Gasteiger partial charge in [0, 0.05) is 46.7 Å². The minimum Gasteiger partial charge on any atom is -0.495 e. The third-order valence-corrected chi connectivity index (χ3v) is 6.41. The number of fused-ring (bicyclic) bond motifs is 1. The predicted octanol–water partition coefficient (Wildman–Crippen LogP) is 5.19. The first-order valence-electron chi connectivity index (χ1n) is 11.7. The fourth-order valence-electron chi connectivity index (χ4n) is 4.21. The number of carbonyl (C=O) groups excluding carboxylic acids is 1. The Kier molecular flexibility index (Phi) is 7.71. The predicted molar refractivity (Wildman–Crippen MR) is 145 cm³/mol. The smallest absolute Gasteiger partial charge is 0.252 e. The molecule has 0 aliphatic heterocycles. The van der Waals surface area contributed by atoms with Crippen molar-refractivity contribution in [3.63, 3.8) is 0 Å². The molecule has 0 radical (unpaired) electrons. The summed E-state index contributed by atoms with van der Waals surface area (Å²) in [6, 6.07) is 9.24. The Bertz CT molecular complexity index is 1780. The number of methoxy groups -OCH3 is 1. The summed E-state index contributed by atoms with van der Waals surface area (Å²) >= 11 is 12.2. The van der Waals surface area contributed by atoms with Crippen molar-refractivity contribution in [3.8, 4) is 22.6 Å². The Hall–Kier alpha value is -4.42. The molecule has 0 aliphatic rings. The summed E-state index contributed by atoms with van der Waals surface area (Å²) < 4.78 is 35.1. The number of aromatic nitrogens is 6. The molecule has 3 aromatic heterocycles. The van der Waals surface area contributed by atoms with Crippen LogP contribution in [0.4, 0.5) is 14.5 Å². The highest BCUT2D eigenvalue weighted by Gasteiger charge is 2.28. The minimum absolute atomic E-state index is 0.127. The van der Waals surface area contributed by atoms with Crippen molar-refractivity contribution >= 4 is 45.8 Å². The van der Waals surface area contributed by atoms with Gasteiger partial charge in [0.05, 0.1) is 36.2 Å².